The fourth-order valence-corrected chi connectivity index (χ4v) is 2.20. The van der Waals surface area contributed by atoms with E-state index in [0.29, 0.717) is 0 Å². The number of rotatable bonds is 5. The van der Waals surface area contributed by atoms with Crippen molar-refractivity contribution >= 4 is 10.0 Å². The van der Waals surface area contributed by atoms with Crippen molar-refractivity contribution in [3.05, 3.63) is 17.0 Å². The third-order valence-electron chi connectivity index (χ3n) is 2.49. The van der Waals surface area contributed by atoms with Gasteiger partial charge in [0.2, 0.25) is 10.0 Å². The van der Waals surface area contributed by atoms with E-state index in [9.17, 15) is 8.42 Å². The largest absolute Gasteiger partial charge is 0.395 e. The van der Waals surface area contributed by atoms with E-state index < -0.39 is 10.0 Å². The molecule has 0 aromatic carbocycles. The Labute approximate surface area is 95.3 Å². The summed E-state index contributed by atoms with van der Waals surface area (Å²) in [5, 5.41) is 12.8. The second-order valence-electron chi connectivity index (χ2n) is 3.64. The predicted molar refractivity (Wildman–Crippen MR) is 60.4 cm³/mol. The Morgan fingerprint density at radius 1 is 1.44 bits per heavy atom. The van der Waals surface area contributed by atoms with Crippen molar-refractivity contribution in [3.8, 4) is 0 Å². The van der Waals surface area contributed by atoms with Crippen LogP contribution in [0.2, 0.25) is 0 Å². The molecule has 0 saturated heterocycles. The maximum absolute atomic E-state index is 11.3. The zero-order valence-corrected chi connectivity index (χ0v) is 10.5. The van der Waals surface area contributed by atoms with Gasteiger partial charge < -0.3 is 5.11 Å². The summed E-state index contributed by atoms with van der Waals surface area (Å²) >= 11 is 0. The first kappa shape index (κ1) is 13.1. The van der Waals surface area contributed by atoms with Crippen LogP contribution in [0.5, 0.6) is 0 Å². The van der Waals surface area contributed by atoms with Gasteiger partial charge in [-0.15, -0.1) is 0 Å². The molecular weight excluding hydrogens is 230 g/mol. The Hall–Kier alpha value is -0.920. The quantitative estimate of drug-likeness (QED) is 0.731. The number of hydrogen-bond acceptors (Lipinski definition) is 4. The predicted octanol–water partition coefficient (Wildman–Crippen LogP) is -0.551. The molecule has 0 spiro atoms. The highest BCUT2D eigenvalue weighted by atomic mass is 32.2. The van der Waals surface area contributed by atoms with Crippen LogP contribution in [0.25, 0.3) is 0 Å². The van der Waals surface area contributed by atoms with E-state index >= 15 is 0 Å². The van der Waals surface area contributed by atoms with Crippen LogP contribution < -0.4 is 4.72 Å². The first-order chi connectivity index (χ1) is 7.37. The summed E-state index contributed by atoms with van der Waals surface area (Å²) in [5.41, 5.74) is 2.62. The van der Waals surface area contributed by atoms with Gasteiger partial charge in [-0.25, -0.2) is 13.1 Å². The Bertz CT molecular complexity index is 465. The van der Waals surface area contributed by atoms with Gasteiger partial charge in [0.25, 0.3) is 0 Å². The third-order valence-corrected chi connectivity index (χ3v) is 3.79. The number of aliphatic hydroxyl groups is 1. The minimum atomic E-state index is -3.39. The molecular formula is C9H17N3O3S. The van der Waals surface area contributed by atoms with Crippen LogP contribution in [0.1, 0.15) is 17.0 Å². The van der Waals surface area contributed by atoms with Gasteiger partial charge in [-0.3, -0.25) is 4.68 Å². The molecule has 0 aliphatic heterocycles. The number of aliphatic hydroxyl groups excluding tert-OH is 1. The summed E-state index contributed by atoms with van der Waals surface area (Å²) in [7, 11) is -1.58. The molecule has 1 aromatic heterocycles. The van der Waals surface area contributed by atoms with Crippen molar-refractivity contribution in [1.82, 2.24) is 14.5 Å². The summed E-state index contributed by atoms with van der Waals surface area (Å²) < 4.78 is 26.8. The molecule has 0 unspecified atom stereocenters. The Morgan fingerprint density at radius 2 is 2.06 bits per heavy atom. The van der Waals surface area contributed by atoms with Crippen molar-refractivity contribution in [2.75, 3.05) is 12.4 Å². The van der Waals surface area contributed by atoms with Crippen LogP contribution >= 0.6 is 0 Å². The van der Waals surface area contributed by atoms with Crippen molar-refractivity contribution in [2.24, 2.45) is 7.05 Å². The fraction of sp³-hybridized carbons (Fsp3) is 0.667. The molecule has 6 nitrogen and oxygen atoms in total. The topological polar surface area (TPSA) is 84.2 Å². The minimum Gasteiger partial charge on any atom is -0.395 e. The minimum absolute atomic E-state index is 0.216. The average Bonchev–Trinajstić information content (AvgIpc) is 2.39. The molecule has 2 N–H and O–H groups in total. The standard InChI is InChI=1S/C9H17N3O3S/c1-7-9(8(2)12(3)11-7)6-10-16(14,15)5-4-13/h10,13H,4-6H2,1-3H3. The van der Waals surface area contributed by atoms with E-state index in [1.807, 2.05) is 20.9 Å². The lowest BCUT2D eigenvalue weighted by molar-refractivity contribution is 0.319. The molecule has 0 bridgehead atoms. The van der Waals surface area contributed by atoms with Crippen LogP contribution in [0.3, 0.4) is 0 Å². The molecule has 0 fully saturated rings. The summed E-state index contributed by atoms with van der Waals surface area (Å²) in [6, 6.07) is 0. The molecule has 0 aliphatic rings. The van der Waals surface area contributed by atoms with E-state index in [1.54, 1.807) is 4.68 Å². The van der Waals surface area contributed by atoms with Gasteiger partial charge >= 0.3 is 0 Å². The van der Waals surface area contributed by atoms with Gasteiger partial charge in [0, 0.05) is 24.8 Å². The average molecular weight is 247 g/mol. The molecule has 7 heteroatoms. The van der Waals surface area contributed by atoms with E-state index in [4.69, 9.17) is 5.11 Å². The highest BCUT2D eigenvalue weighted by Gasteiger charge is 2.13. The van der Waals surface area contributed by atoms with Crippen molar-refractivity contribution in [2.45, 2.75) is 20.4 Å². The molecule has 1 heterocycles. The maximum Gasteiger partial charge on any atom is 0.214 e. The van der Waals surface area contributed by atoms with E-state index in [1.165, 1.54) is 0 Å². The number of nitrogens with one attached hydrogen (secondary N) is 1. The van der Waals surface area contributed by atoms with Gasteiger partial charge in [0.1, 0.15) is 0 Å². The van der Waals surface area contributed by atoms with Crippen LogP contribution in [-0.4, -0.2) is 35.7 Å². The van der Waals surface area contributed by atoms with Crippen LogP contribution in [0, 0.1) is 13.8 Å². The lowest BCUT2D eigenvalue weighted by Gasteiger charge is -2.05. The van der Waals surface area contributed by atoms with E-state index in [-0.39, 0.29) is 18.9 Å². The smallest absolute Gasteiger partial charge is 0.214 e. The lowest BCUT2D eigenvalue weighted by Crippen LogP contribution is -2.27. The molecule has 1 aromatic rings. The van der Waals surface area contributed by atoms with Gasteiger partial charge in [-0.2, -0.15) is 5.10 Å². The van der Waals surface area contributed by atoms with Crippen LogP contribution in [-0.2, 0) is 23.6 Å². The zero-order chi connectivity index (χ0) is 12.3. The summed E-state index contributed by atoms with van der Waals surface area (Å²) in [6.07, 6.45) is 0. The Kier molecular flexibility index (Phi) is 4.06. The molecule has 92 valence electrons. The highest BCUT2D eigenvalue weighted by molar-refractivity contribution is 7.89. The van der Waals surface area contributed by atoms with Gasteiger partial charge in [-0.05, 0) is 13.8 Å². The van der Waals surface area contributed by atoms with E-state index in [2.05, 4.69) is 9.82 Å². The lowest BCUT2D eigenvalue weighted by atomic mass is 10.2. The monoisotopic (exact) mass is 247 g/mol. The molecule has 0 atom stereocenters. The van der Waals surface area contributed by atoms with Crippen LogP contribution in [0.15, 0.2) is 0 Å². The number of aromatic nitrogens is 2. The normalized spacial score (nSPS) is 12.0. The number of nitrogens with zero attached hydrogens (tertiary/aromatic N) is 2. The number of aryl methyl sites for hydroxylation is 2. The van der Waals surface area contributed by atoms with Crippen molar-refractivity contribution < 1.29 is 13.5 Å². The maximum atomic E-state index is 11.3. The second kappa shape index (κ2) is 4.94. The first-order valence-corrected chi connectivity index (χ1v) is 6.60. The summed E-state index contributed by atoms with van der Waals surface area (Å²) in [6.45, 7) is 3.56. The third kappa shape index (κ3) is 3.03. The Morgan fingerprint density at radius 3 is 2.50 bits per heavy atom. The second-order valence-corrected chi connectivity index (χ2v) is 5.56. The molecule has 0 saturated carbocycles. The van der Waals surface area contributed by atoms with Crippen molar-refractivity contribution in [3.63, 3.8) is 0 Å². The summed E-state index contributed by atoms with van der Waals surface area (Å²) in [4.78, 5) is 0. The summed E-state index contributed by atoms with van der Waals surface area (Å²) in [5.74, 6) is -0.272. The molecule has 1 rings (SSSR count). The van der Waals surface area contributed by atoms with E-state index in [0.717, 1.165) is 17.0 Å². The molecule has 0 amide bonds. The number of hydrogen-bond donors (Lipinski definition) is 2. The fourth-order valence-electron chi connectivity index (χ4n) is 1.45. The molecule has 16 heavy (non-hydrogen) atoms. The van der Waals surface area contributed by atoms with Crippen molar-refractivity contribution in [1.29, 1.82) is 0 Å². The number of sulfonamides is 1. The van der Waals surface area contributed by atoms with Gasteiger partial charge in [-0.1, -0.05) is 0 Å². The highest BCUT2D eigenvalue weighted by Crippen LogP contribution is 2.11. The SMILES string of the molecule is Cc1nn(C)c(C)c1CNS(=O)(=O)CCO. The van der Waals surface area contributed by atoms with Gasteiger partial charge in [0.15, 0.2) is 0 Å². The van der Waals surface area contributed by atoms with Gasteiger partial charge in [0.05, 0.1) is 18.1 Å². The zero-order valence-electron chi connectivity index (χ0n) is 9.69. The molecule has 0 radical (unpaired) electrons. The first-order valence-electron chi connectivity index (χ1n) is 4.94. The van der Waals surface area contributed by atoms with Crippen LogP contribution in [0.4, 0.5) is 0 Å². The Balaban J connectivity index is 2.75. The molecule has 0 aliphatic carbocycles.